The molecule has 25 heavy (non-hydrogen) atoms. The molecule has 9 heteroatoms. The summed E-state index contributed by atoms with van der Waals surface area (Å²) in [6.07, 6.45) is 0.824. The van der Waals surface area contributed by atoms with Crippen molar-refractivity contribution in [2.45, 2.75) is 0 Å². The number of hydrogen-bond donors (Lipinski definition) is 1. The van der Waals surface area contributed by atoms with Crippen LogP contribution >= 0.6 is 11.6 Å². The molecule has 3 rings (SSSR count). The van der Waals surface area contributed by atoms with Crippen molar-refractivity contribution in [1.29, 1.82) is 0 Å². The molecular weight excluding hydrogens is 348 g/mol. The average molecular weight is 359 g/mol. The number of nitro benzene ring substituents is 1. The Balaban J connectivity index is 2.22. The quantitative estimate of drug-likeness (QED) is 0.665. The number of rotatable bonds is 3. The first-order valence-corrected chi connectivity index (χ1v) is 7.53. The summed E-state index contributed by atoms with van der Waals surface area (Å²) in [5.74, 6) is 0. The Bertz CT molecular complexity index is 939. The first kappa shape index (κ1) is 16.6. The monoisotopic (exact) mass is 358 g/mol. The van der Waals surface area contributed by atoms with Crippen LogP contribution in [0.4, 0.5) is 11.4 Å². The third-order valence-electron chi connectivity index (χ3n) is 3.56. The smallest absolute Gasteiger partial charge is 0.270 e. The summed E-state index contributed by atoms with van der Waals surface area (Å²) < 4.78 is 0. The van der Waals surface area contributed by atoms with E-state index in [2.05, 4.69) is 10.3 Å². The van der Waals surface area contributed by atoms with Gasteiger partial charge in [0.05, 0.1) is 22.1 Å². The number of nitrogens with zero attached hydrogens (tertiary/aromatic N) is 3. The summed E-state index contributed by atoms with van der Waals surface area (Å²) in [5, 5.41) is 25.2. The topological polar surface area (TPSA) is 111 Å². The average Bonchev–Trinajstić information content (AvgIpc) is 2.73. The molecule has 0 bridgehead atoms. The van der Waals surface area contributed by atoms with E-state index in [4.69, 9.17) is 11.6 Å². The number of nitrogens with one attached hydrogen (secondary N) is 1. The van der Waals surface area contributed by atoms with Crippen molar-refractivity contribution in [2.75, 3.05) is 11.9 Å². The highest BCUT2D eigenvalue weighted by Crippen LogP contribution is 2.30. The van der Waals surface area contributed by atoms with Crippen molar-refractivity contribution in [3.8, 4) is 0 Å². The Kier molecular flexibility index (Phi) is 4.44. The maximum Gasteiger partial charge on any atom is 0.270 e. The number of aliphatic imine (C=N–C) groups is 1. The van der Waals surface area contributed by atoms with Crippen LogP contribution in [0.3, 0.4) is 0 Å². The van der Waals surface area contributed by atoms with Gasteiger partial charge in [0.1, 0.15) is 5.70 Å². The Morgan fingerprint density at radius 3 is 2.56 bits per heavy atom. The van der Waals surface area contributed by atoms with Crippen LogP contribution in [0.25, 0.3) is 0 Å². The fourth-order valence-corrected chi connectivity index (χ4v) is 2.72. The second-order valence-corrected chi connectivity index (χ2v) is 5.60. The number of fused-ring (bicyclic) bond motifs is 1. The Labute approximate surface area is 146 Å². The van der Waals surface area contributed by atoms with E-state index in [1.54, 1.807) is 24.3 Å². The molecule has 0 aliphatic carbocycles. The summed E-state index contributed by atoms with van der Waals surface area (Å²) >= 11 is 6.24. The van der Waals surface area contributed by atoms with Crippen molar-refractivity contribution >= 4 is 28.7 Å². The number of hydrogen-bond acceptors (Lipinski definition) is 6. The minimum atomic E-state index is -0.580. The summed E-state index contributed by atoms with van der Waals surface area (Å²) in [6, 6.07) is 11.2. The van der Waals surface area contributed by atoms with E-state index in [0.717, 1.165) is 6.20 Å². The minimum Gasteiger partial charge on any atom is -0.352 e. The van der Waals surface area contributed by atoms with Gasteiger partial charge in [0.25, 0.3) is 11.9 Å². The fraction of sp³-hybridized carbons (Fsp3) is 0.0625. The van der Waals surface area contributed by atoms with Crippen molar-refractivity contribution in [3.63, 3.8) is 0 Å². The van der Waals surface area contributed by atoms with Gasteiger partial charge in [-0.15, -0.1) is 0 Å². The van der Waals surface area contributed by atoms with Crippen LogP contribution in [0.1, 0.15) is 11.1 Å². The van der Waals surface area contributed by atoms with Crippen LogP contribution in [0.5, 0.6) is 0 Å². The summed E-state index contributed by atoms with van der Waals surface area (Å²) in [5.41, 5.74) is 2.12. The lowest BCUT2D eigenvalue weighted by Gasteiger charge is -2.11. The van der Waals surface area contributed by atoms with E-state index in [1.165, 1.54) is 18.2 Å². The van der Waals surface area contributed by atoms with Gasteiger partial charge in [0.2, 0.25) is 0 Å². The van der Waals surface area contributed by atoms with Gasteiger partial charge in [0.15, 0.2) is 0 Å². The molecule has 2 aromatic carbocycles. The fourth-order valence-electron chi connectivity index (χ4n) is 2.50. The molecular formula is C16H11ClN4O4. The molecule has 1 aliphatic heterocycles. The molecule has 0 amide bonds. The predicted molar refractivity (Wildman–Crippen MR) is 93.8 cm³/mol. The lowest BCUT2D eigenvalue weighted by molar-refractivity contribution is -0.403. The standard InChI is InChI=1S/C16H11ClN4O4/c17-14-4-2-1-3-12(14)16-13-7-11(21(24)25)5-6-15(13)19-10(8-18-16)9-20(22)23/h1-7,9,19H,8H2. The lowest BCUT2D eigenvalue weighted by Crippen LogP contribution is -2.07. The zero-order valence-electron chi connectivity index (χ0n) is 12.7. The Hall–Kier alpha value is -3.26. The highest BCUT2D eigenvalue weighted by molar-refractivity contribution is 6.36. The molecule has 0 fully saturated rings. The third-order valence-corrected chi connectivity index (χ3v) is 3.89. The maximum absolute atomic E-state index is 11.1. The second-order valence-electron chi connectivity index (χ2n) is 5.20. The molecule has 1 aliphatic rings. The molecule has 0 saturated heterocycles. The predicted octanol–water partition coefficient (Wildman–Crippen LogP) is 3.63. The molecule has 8 nitrogen and oxygen atoms in total. The van der Waals surface area contributed by atoms with Crippen molar-refractivity contribution in [1.82, 2.24) is 0 Å². The number of halogens is 1. The number of benzodiazepines with no additional fused rings is 1. The van der Waals surface area contributed by atoms with Crippen LogP contribution in [-0.4, -0.2) is 22.1 Å². The molecule has 0 spiro atoms. The number of non-ortho nitro benzene ring substituents is 1. The molecule has 0 aromatic heterocycles. The van der Waals surface area contributed by atoms with E-state index in [9.17, 15) is 20.2 Å². The van der Waals surface area contributed by atoms with Crippen LogP contribution in [-0.2, 0) is 0 Å². The van der Waals surface area contributed by atoms with E-state index < -0.39 is 9.85 Å². The van der Waals surface area contributed by atoms with Crippen molar-refractivity contribution < 1.29 is 9.85 Å². The van der Waals surface area contributed by atoms with Crippen molar-refractivity contribution in [2.24, 2.45) is 4.99 Å². The van der Waals surface area contributed by atoms with Gasteiger partial charge in [-0.1, -0.05) is 29.8 Å². The maximum atomic E-state index is 11.1. The van der Waals surface area contributed by atoms with Crippen LogP contribution in [0, 0.1) is 20.2 Å². The van der Waals surface area contributed by atoms with Crippen LogP contribution in [0.15, 0.2) is 59.4 Å². The highest BCUT2D eigenvalue weighted by Gasteiger charge is 2.22. The Morgan fingerprint density at radius 2 is 1.88 bits per heavy atom. The molecule has 0 saturated carbocycles. The van der Waals surface area contributed by atoms with E-state index in [0.29, 0.717) is 27.5 Å². The van der Waals surface area contributed by atoms with Gasteiger partial charge in [-0.2, -0.15) is 0 Å². The second kappa shape index (κ2) is 6.70. The van der Waals surface area contributed by atoms with E-state index >= 15 is 0 Å². The van der Waals surface area contributed by atoms with E-state index in [-0.39, 0.29) is 17.9 Å². The first-order chi connectivity index (χ1) is 12.0. The largest absolute Gasteiger partial charge is 0.352 e. The number of nitro groups is 2. The van der Waals surface area contributed by atoms with Gasteiger partial charge in [-0.05, 0) is 12.1 Å². The zero-order valence-corrected chi connectivity index (χ0v) is 13.4. The van der Waals surface area contributed by atoms with Gasteiger partial charge in [-0.25, -0.2) is 0 Å². The molecule has 2 aromatic rings. The normalized spacial score (nSPS) is 14.9. The molecule has 0 radical (unpaired) electrons. The van der Waals surface area contributed by atoms with Crippen LogP contribution in [0.2, 0.25) is 5.02 Å². The lowest BCUT2D eigenvalue weighted by atomic mass is 10.00. The van der Waals surface area contributed by atoms with Crippen molar-refractivity contribution in [3.05, 3.63) is 90.7 Å². The van der Waals surface area contributed by atoms with Gasteiger partial charge < -0.3 is 5.32 Å². The molecule has 0 atom stereocenters. The summed E-state index contributed by atoms with van der Waals surface area (Å²) in [6.45, 7) is 0.0179. The van der Waals surface area contributed by atoms with Gasteiger partial charge in [-0.3, -0.25) is 25.2 Å². The Morgan fingerprint density at radius 1 is 1.12 bits per heavy atom. The number of benzene rings is 2. The third kappa shape index (κ3) is 3.48. The van der Waals surface area contributed by atoms with Gasteiger partial charge >= 0.3 is 0 Å². The first-order valence-electron chi connectivity index (χ1n) is 7.15. The summed E-state index contributed by atoms with van der Waals surface area (Å²) in [7, 11) is 0. The molecule has 0 unspecified atom stereocenters. The van der Waals surface area contributed by atoms with E-state index in [1.807, 2.05) is 0 Å². The zero-order chi connectivity index (χ0) is 18.0. The summed E-state index contributed by atoms with van der Waals surface area (Å²) in [4.78, 5) is 25.2. The molecule has 1 heterocycles. The molecule has 126 valence electrons. The van der Waals surface area contributed by atoms with Crippen LogP contribution < -0.4 is 5.32 Å². The molecule has 1 N–H and O–H groups in total. The van der Waals surface area contributed by atoms with Gasteiger partial charge in [0, 0.05) is 34.0 Å². The highest BCUT2D eigenvalue weighted by atomic mass is 35.5. The number of anilines is 1. The SMILES string of the molecule is O=[N+]([O-])C=C1CN=C(c2ccccc2Cl)c2cc([N+](=O)[O-])ccc2N1. The minimum absolute atomic E-state index is 0.0179.